The fraction of sp³-hybridized carbons (Fsp3) is 0.286. The van der Waals surface area contributed by atoms with E-state index in [4.69, 9.17) is 0 Å². The molecule has 0 N–H and O–H groups in total. The van der Waals surface area contributed by atoms with Gasteiger partial charge in [0, 0.05) is 5.92 Å². The number of allylic oxidation sites excluding steroid dienone is 4. The van der Waals surface area contributed by atoms with Gasteiger partial charge in [0.2, 0.25) is 0 Å². The first-order chi connectivity index (χ1) is 7.49. The van der Waals surface area contributed by atoms with E-state index >= 15 is 0 Å². The van der Waals surface area contributed by atoms with Crippen molar-refractivity contribution in [1.29, 1.82) is 0 Å². The third-order valence-corrected chi connectivity index (χ3v) is 4.85. The van der Waals surface area contributed by atoms with E-state index in [2.05, 4.69) is 88.2 Å². The fourth-order valence-corrected chi connectivity index (χ4v) is 2.33. The molecule has 1 aromatic carbocycles. The number of benzene rings is 1. The Morgan fingerprint density at radius 1 is 1.25 bits per heavy atom. The first-order valence-electron chi connectivity index (χ1n) is 5.35. The maximum absolute atomic E-state index is 3.66. The molecule has 0 amide bonds. The van der Waals surface area contributed by atoms with Gasteiger partial charge in [0.1, 0.15) is 3.23 Å². The molecule has 0 aliphatic heterocycles. The number of rotatable bonds is 1. The van der Waals surface area contributed by atoms with Gasteiger partial charge in [-0.15, -0.1) is 0 Å². The number of alkyl halides is 2. The minimum absolute atomic E-state index is 0.0900. The fourth-order valence-electron chi connectivity index (χ4n) is 1.81. The Kier molecular flexibility index (Phi) is 3.41. The molecule has 2 heteroatoms. The van der Waals surface area contributed by atoms with Crippen LogP contribution in [0.4, 0.5) is 0 Å². The second-order valence-corrected chi connectivity index (χ2v) is 7.98. The van der Waals surface area contributed by atoms with Crippen LogP contribution in [0.5, 0.6) is 0 Å². The minimum Gasteiger partial charge on any atom is -0.0712 e. The van der Waals surface area contributed by atoms with E-state index in [1.54, 1.807) is 0 Å². The third kappa shape index (κ3) is 2.49. The van der Waals surface area contributed by atoms with Crippen LogP contribution in [0.3, 0.4) is 0 Å². The Balaban J connectivity index is 2.35. The molecule has 0 nitrogen and oxygen atoms in total. The molecule has 0 aromatic heterocycles. The maximum Gasteiger partial charge on any atom is 0.105 e. The predicted octanol–water partition coefficient (Wildman–Crippen LogP) is 5.07. The molecule has 1 aromatic rings. The van der Waals surface area contributed by atoms with Gasteiger partial charge in [-0.2, -0.15) is 0 Å². The van der Waals surface area contributed by atoms with Crippen molar-refractivity contribution in [2.45, 2.75) is 17.1 Å². The van der Waals surface area contributed by atoms with Gasteiger partial charge >= 0.3 is 0 Å². The summed E-state index contributed by atoms with van der Waals surface area (Å²) in [5.41, 5.74) is 3.89. The van der Waals surface area contributed by atoms with Crippen LogP contribution in [0.25, 0.3) is 5.57 Å². The second-order valence-electron chi connectivity index (χ2n) is 4.29. The molecule has 1 aliphatic rings. The lowest BCUT2D eigenvalue weighted by Crippen LogP contribution is -2.19. The van der Waals surface area contributed by atoms with Gasteiger partial charge in [0.25, 0.3) is 0 Å². The normalized spacial score (nSPS) is 23.0. The maximum atomic E-state index is 3.66. The topological polar surface area (TPSA) is 0 Å². The largest absolute Gasteiger partial charge is 0.105 e. The van der Waals surface area contributed by atoms with Gasteiger partial charge in [-0.05, 0) is 18.1 Å². The van der Waals surface area contributed by atoms with Gasteiger partial charge in [0.15, 0.2) is 0 Å². The van der Waals surface area contributed by atoms with Crippen molar-refractivity contribution in [3.63, 3.8) is 0 Å². The van der Waals surface area contributed by atoms with E-state index in [1.807, 2.05) is 0 Å². The zero-order valence-corrected chi connectivity index (χ0v) is 12.5. The molecule has 2 rings (SSSR count). The highest BCUT2D eigenvalue weighted by Gasteiger charge is 2.28. The number of aryl methyl sites for hydroxylation is 1. The Morgan fingerprint density at radius 2 is 2.00 bits per heavy atom. The van der Waals surface area contributed by atoms with Gasteiger partial charge in [0.05, 0.1) is 0 Å². The number of hydrogen-bond acceptors (Lipinski definition) is 0. The summed E-state index contributed by atoms with van der Waals surface area (Å²) >= 11 is 7.32. The molecule has 1 unspecified atom stereocenters. The number of halogens is 2. The second kappa shape index (κ2) is 4.50. The summed E-state index contributed by atoms with van der Waals surface area (Å²) in [5.74, 6) is 0.424. The highest BCUT2D eigenvalue weighted by Crippen LogP contribution is 2.42. The molecule has 0 spiro atoms. The zero-order chi connectivity index (χ0) is 11.8. The Bertz CT molecular complexity index is 456. The van der Waals surface area contributed by atoms with Crippen molar-refractivity contribution in [2.75, 3.05) is 0 Å². The molecular weight excluding hydrogens is 328 g/mol. The lowest BCUT2D eigenvalue weighted by molar-refractivity contribution is 0.736. The summed E-state index contributed by atoms with van der Waals surface area (Å²) in [6, 6.07) is 8.61. The molecule has 0 saturated carbocycles. The standard InChI is InChI=1S/C14H14Br2/c1-10-4-3-5-12(8-10)13-6-7-14(15,16)11(2)9-13/h3-9,11H,1-2H3. The highest BCUT2D eigenvalue weighted by atomic mass is 79.9. The van der Waals surface area contributed by atoms with Gasteiger partial charge in [-0.1, -0.05) is 86.8 Å². The van der Waals surface area contributed by atoms with Crippen LogP contribution in [-0.4, -0.2) is 3.23 Å². The Labute approximate surface area is 114 Å². The molecule has 0 heterocycles. The van der Waals surface area contributed by atoms with Crippen molar-refractivity contribution < 1.29 is 0 Å². The van der Waals surface area contributed by atoms with E-state index in [0.717, 1.165) is 0 Å². The molecule has 0 saturated heterocycles. The average Bonchev–Trinajstić information content (AvgIpc) is 2.22. The van der Waals surface area contributed by atoms with E-state index < -0.39 is 0 Å². The molecule has 0 bridgehead atoms. The van der Waals surface area contributed by atoms with Crippen LogP contribution in [0.2, 0.25) is 0 Å². The van der Waals surface area contributed by atoms with E-state index in [1.165, 1.54) is 16.7 Å². The molecule has 1 atom stereocenters. The number of hydrogen-bond donors (Lipinski definition) is 0. The van der Waals surface area contributed by atoms with Crippen LogP contribution in [0, 0.1) is 12.8 Å². The monoisotopic (exact) mass is 340 g/mol. The van der Waals surface area contributed by atoms with Crippen molar-refractivity contribution in [2.24, 2.45) is 5.92 Å². The summed E-state index contributed by atoms with van der Waals surface area (Å²) in [6.07, 6.45) is 6.62. The van der Waals surface area contributed by atoms with E-state index in [-0.39, 0.29) is 3.23 Å². The third-order valence-electron chi connectivity index (χ3n) is 2.87. The van der Waals surface area contributed by atoms with Gasteiger partial charge in [-0.25, -0.2) is 0 Å². The first-order valence-corrected chi connectivity index (χ1v) is 6.93. The first kappa shape index (κ1) is 12.1. The molecule has 1 aliphatic carbocycles. The highest BCUT2D eigenvalue weighted by molar-refractivity contribution is 9.25. The predicted molar refractivity (Wildman–Crippen MR) is 78.0 cm³/mol. The van der Waals surface area contributed by atoms with Crippen molar-refractivity contribution >= 4 is 37.4 Å². The molecular formula is C14H14Br2. The quantitative estimate of drug-likeness (QED) is 0.625. The van der Waals surface area contributed by atoms with Crippen molar-refractivity contribution in [3.05, 3.63) is 53.6 Å². The van der Waals surface area contributed by atoms with Crippen molar-refractivity contribution in [3.8, 4) is 0 Å². The van der Waals surface area contributed by atoms with Crippen LogP contribution < -0.4 is 0 Å². The zero-order valence-electron chi connectivity index (χ0n) is 9.37. The van der Waals surface area contributed by atoms with Crippen LogP contribution in [-0.2, 0) is 0 Å². The lowest BCUT2D eigenvalue weighted by Gasteiger charge is -2.26. The van der Waals surface area contributed by atoms with Gasteiger partial charge < -0.3 is 0 Å². The van der Waals surface area contributed by atoms with E-state index in [0.29, 0.717) is 5.92 Å². The summed E-state index contributed by atoms with van der Waals surface area (Å²) in [5, 5.41) is 0. The molecule has 84 valence electrons. The Morgan fingerprint density at radius 3 is 2.62 bits per heavy atom. The minimum atomic E-state index is -0.0900. The van der Waals surface area contributed by atoms with Gasteiger partial charge in [-0.3, -0.25) is 0 Å². The smallest absolute Gasteiger partial charge is 0.0712 e. The summed E-state index contributed by atoms with van der Waals surface area (Å²) in [4.78, 5) is 0. The SMILES string of the molecule is Cc1cccc(C2=CC(C)C(Br)(Br)C=C2)c1. The van der Waals surface area contributed by atoms with Crippen LogP contribution in [0.15, 0.2) is 42.5 Å². The van der Waals surface area contributed by atoms with Crippen LogP contribution >= 0.6 is 31.9 Å². The van der Waals surface area contributed by atoms with Crippen molar-refractivity contribution in [1.82, 2.24) is 0 Å². The Hall–Kier alpha value is -0.340. The van der Waals surface area contributed by atoms with E-state index in [9.17, 15) is 0 Å². The molecule has 0 fully saturated rings. The summed E-state index contributed by atoms with van der Waals surface area (Å²) in [6.45, 7) is 4.32. The summed E-state index contributed by atoms with van der Waals surface area (Å²) in [7, 11) is 0. The molecule has 16 heavy (non-hydrogen) atoms. The average molecular weight is 342 g/mol. The summed E-state index contributed by atoms with van der Waals surface area (Å²) < 4.78 is -0.0900. The lowest BCUT2D eigenvalue weighted by atomic mass is 9.93. The molecule has 0 radical (unpaired) electrons. The van der Waals surface area contributed by atoms with Crippen LogP contribution in [0.1, 0.15) is 18.1 Å².